The van der Waals surface area contributed by atoms with Gasteiger partial charge in [-0.15, -0.1) is 0 Å². The van der Waals surface area contributed by atoms with Crippen molar-refractivity contribution < 1.29 is 4.79 Å². The molecule has 0 spiro atoms. The first kappa shape index (κ1) is 15.8. The number of amides is 1. The zero-order valence-corrected chi connectivity index (χ0v) is 14.7. The number of benzene rings is 2. The van der Waals surface area contributed by atoms with Gasteiger partial charge in [0, 0.05) is 12.4 Å². The topological polar surface area (TPSA) is 56.0 Å². The Labute approximate surface area is 156 Å². The standard InChI is InChI=1S/C24H18N2O/c25-24(27)23(16-5-3-13-26-14-16)22-12-11-20-19-8-7-15-4-1-2-6-17(15)18(19)9-10-21(20)22/h1-5,7-14,23H,6H2,(H2,25,27). The predicted octanol–water partition coefficient (Wildman–Crippen LogP) is 2.57. The number of hydrogen-bond acceptors (Lipinski definition) is 2. The number of fused-ring (bicyclic) bond motifs is 5. The van der Waals surface area contributed by atoms with Gasteiger partial charge in [-0.25, -0.2) is 0 Å². The molecular weight excluding hydrogens is 332 g/mol. The molecule has 1 unspecified atom stereocenters. The molecule has 1 atom stereocenters. The van der Waals surface area contributed by atoms with E-state index in [9.17, 15) is 4.79 Å². The highest BCUT2D eigenvalue weighted by Gasteiger charge is 2.25. The van der Waals surface area contributed by atoms with Crippen LogP contribution in [0.3, 0.4) is 0 Å². The molecule has 2 aliphatic rings. The van der Waals surface area contributed by atoms with Crippen molar-refractivity contribution in [2.24, 2.45) is 5.73 Å². The molecule has 1 heterocycles. The Morgan fingerprint density at radius 2 is 1.96 bits per heavy atom. The third-order valence-electron chi connectivity index (χ3n) is 5.48. The third kappa shape index (κ3) is 2.43. The first-order valence-corrected chi connectivity index (χ1v) is 9.07. The summed E-state index contributed by atoms with van der Waals surface area (Å²) in [5.74, 6) is -0.858. The lowest BCUT2D eigenvalue weighted by Crippen LogP contribution is -2.25. The van der Waals surface area contributed by atoms with E-state index in [1.54, 1.807) is 12.4 Å². The number of allylic oxidation sites excluding steroid dienone is 3. The van der Waals surface area contributed by atoms with Crippen LogP contribution in [-0.2, 0) is 11.2 Å². The van der Waals surface area contributed by atoms with Gasteiger partial charge in [0.2, 0.25) is 5.91 Å². The van der Waals surface area contributed by atoms with Gasteiger partial charge in [-0.3, -0.25) is 9.78 Å². The molecule has 0 saturated carbocycles. The largest absolute Gasteiger partial charge is 0.369 e. The Bertz CT molecular complexity index is 1270. The number of hydrogen-bond donors (Lipinski definition) is 1. The first-order valence-electron chi connectivity index (χ1n) is 9.07. The zero-order chi connectivity index (χ0) is 18.4. The maximum absolute atomic E-state index is 12.3. The lowest BCUT2D eigenvalue weighted by molar-refractivity contribution is -0.118. The first-order chi connectivity index (χ1) is 13.2. The second-order valence-corrected chi connectivity index (χ2v) is 6.96. The van der Waals surface area contributed by atoms with Crippen molar-refractivity contribution in [3.05, 3.63) is 94.1 Å². The number of pyridine rings is 1. The normalized spacial score (nSPS) is 15.3. The lowest BCUT2D eigenvalue weighted by Gasteiger charge is -2.14. The Morgan fingerprint density at radius 1 is 1.07 bits per heavy atom. The molecule has 5 rings (SSSR count). The molecule has 1 aromatic heterocycles. The molecule has 3 aromatic rings. The van der Waals surface area contributed by atoms with E-state index in [0.29, 0.717) is 0 Å². The number of primary amides is 1. The van der Waals surface area contributed by atoms with E-state index in [2.05, 4.69) is 53.6 Å². The fourth-order valence-electron chi connectivity index (χ4n) is 4.24. The SMILES string of the molecule is NC(=O)C(C1=c2ccc3c4c(ccc3c2C=C1)=CC=CC4)c1cccnc1. The Hall–Kier alpha value is -3.46. The van der Waals surface area contributed by atoms with Crippen LogP contribution in [0, 0.1) is 0 Å². The smallest absolute Gasteiger partial charge is 0.229 e. The van der Waals surface area contributed by atoms with Crippen molar-refractivity contribution >= 4 is 34.4 Å². The minimum atomic E-state index is -0.498. The van der Waals surface area contributed by atoms with Crippen molar-refractivity contribution in [1.29, 1.82) is 0 Å². The van der Waals surface area contributed by atoms with Gasteiger partial charge in [0.1, 0.15) is 0 Å². The van der Waals surface area contributed by atoms with Crippen LogP contribution in [0.4, 0.5) is 0 Å². The third-order valence-corrected chi connectivity index (χ3v) is 5.48. The van der Waals surface area contributed by atoms with Crippen LogP contribution < -0.4 is 16.2 Å². The summed E-state index contributed by atoms with van der Waals surface area (Å²) in [4.78, 5) is 16.4. The van der Waals surface area contributed by atoms with E-state index in [1.165, 1.54) is 21.6 Å². The van der Waals surface area contributed by atoms with Crippen LogP contribution in [0.15, 0.2) is 67.0 Å². The van der Waals surface area contributed by atoms with Gasteiger partial charge >= 0.3 is 0 Å². The maximum Gasteiger partial charge on any atom is 0.229 e. The summed E-state index contributed by atoms with van der Waals surface area (Å²) in [5.41, 5.74) is 10.1. The summed E-state index contributed by atoms with van der Waals surface area (Å²) in [6.07, 6.45) is 14.9. The molecule has 1 amide bonds. The second-order valence-electron chi connectivity index (χ2n) is 6.96. The molecule has 3 nitrogen and oxygen atoms in total. The Kier molecular flexibility index (Phi) is 3.54. The molecule has 3 heteroatoms. The van der Waals surface area contributed by atoms with Gasteiger partial charge in [-0.2, -0.15) is 0 Å². The summed E-state index contributed by atoms with van der Waals surface area (Å²) in [6, 6.07) is 12.4. The summed E-state index contributed by atoms with van der Waals surface area (Å²) in [5, 5.41) is 4.84. The minimum Gasteiger partial charge on any atom is -0.369 e. The summed E-state index contributed by atoms with van der Waals surface area (Å²) < 4.78 is 0. The Morgan fingerprint density at radius 3 is 2.78 bits per heavy atom. The van der Waals surface area contributed by atoms with Crippen LogP contribution in [0.2, 0.25) is 0 Å². The number of rotatable bonds is 3. The monoisotopic (exact) mass is 350 g/mol. The van der Waals surface area contributed by atoms with E-state index < -0.39 is 5.92 Å². The number of carbonyl (C=O) groups excluding carboxylic acids is 1. The predicted molar refractivity (Wildman–Crippen MR) is 109 cm³/mol. The molecule has 0 radical (unpaired) electrons. The van der Waals surface area contributed by atoms with E-state index in [4.69, 9.17) is 5.73 Å². The van der Waals surface area contributed by atoms with E-state index >= 15 is 0 Å². The molecular formula is C24H18N2O. The number of nitrogens with two attached hydrogens (primary N) is 1. The van der Waals surface area contributed by atoms with E-state index in [0.717, 1.165) is 28.3 Å². The van der Waals surface area contributed by atoms with Crippen molar-refractivity contribution in [3.63, 3.8) is 0 Å². The summed E-state index contributed by atoms with van der Waals surface area (Å²) in [7, 11) is 0. The van der Waals surface area contributed by atoms with Crippen LogP contribution >= 0.6 is 0 Å². The average Bonchev–Trinajstić information content (AvgIpc) is 3.12. The summed E-state index contributed by atoms with van der Waals surface area (Å²) in [6.45, 7) is 0. The maximum atomic E-state index is 12.3. The molecule has 0 fully saturated rings. The van der Waals surface area contributed by atoms with Gasteiger partial charge in [0.05, 0.1) is 5.92 Å². The van der Waals surface area contributed by atoms with Gasteiger partial charge in [0.15, 0.2) is 0 Å². The molecule has 0 saturated heterocycles. The van der Waals surface area contributed by atoms with Crippen molar-refractivity contribution in [2.45, 2.75) is 12.3 Å². The van der Waals surface area contributed by atoms with Crippen LogP contribution in [0.25, 0.3) is 28.5 Å². The molecule has 0 aliphatic heterocycles. The van der Waals surface area contributed by atoms with Gasteiger partial charge in [-0.05, 0) is 56.0 Å². The van der Waals surface area contributed by atoms with Crippen molar-refractivity contribution in [1.82, 2.24) is 4.98 Å². The molecule has 27 heavy (non-hydrogen) atoms. The molecule has 0 bridgehead atoms. The zero-order valence-electron chi connectivity index (χ0n) is 14.7. The molecule has 2 aromatic carbocycles. The highest BCUT2D eigenvalue weighted by molar-refractivity contribution is 6.02. The quantitative estimate of drug-likeness (QED) is 0.789. The lowest BCUT2D eigenvalue weighted by atomic mass is 9.89. The van der Waals surface area contributed by atoms with Crippen LogP contribution in [-0.4, -0.2) is 10.9 Å². The fourth-order valence-corrected chi connectivity index (χ4v) is 4.24. The molecule has 130 valence electrons. The number of carbonyl (C=O) groups is 1. The van der Waals surface area contributed by atoms with Gasteiger partial charge in [-0.1, -0.05) is 60.7 Å². The highest BCUT2D eigenvalue weighted by atomic mass is 16.1. The second kappa shape index (κ2) is 6.06. The molecule has 2 aliphatic carbocycles. The fraction of sp³-hybridized carbons (Fsp3) is 0.0833. The minimum absolute atomic E-state index is 0.360. The van der Waals surface area contributed by atoms with Gasteiger partial charge < -0.3 is 5.73 Å². The van der Waals surface area contributed by atoms with Crippen molar-refractivity contribution in [3.8, 4) is 0 Å². The number of nitrogens with zero attached hydrogens (tertiary/aromatic N) is 1. The van der Waals surface area contributed by atoms with Gasteiger partial charge in [0.25, 0.3) is 0 Å². The van der Waals surface area contributed by atoms with Crippen molar-refractivity contribution in [2.75, 3.05) is 0 Å². The highest BCUT2D eigenvalue weighted by Crippen LogP contribution is 2.31. The van der Waals surface area contributed by atoms with E-state index in [1.807, 2.05) is 18.2 Å². The van der Waals surface area contributed by atoms with Crippen LogP contribution in [0.1, 0.15) is 22.6 Å². The molecule has 2 N–H and O–H groups in total. The summed E-state index contributed by atoms with van der Waals surface area (Å²) >= 11 is 0. The van der Waals surface area contributed by atoms with E-state index in [-0.39, 0.29) is 5.91 Å². The average molecular weight is 350 g/mol. The Balaban J connectivity index is 1.78. The van der Waals surface area contributed by atoms with Crippen LogP contribution in [0.5, 0.6) is 0 Å². The number of aromatic nitrogens is 1.